The average Bonchev–Trinajstić information content (AvgIpc) is 4.01. The van der Waals surface area contributed by atoms with Crippen LogP contribution in [-0.4, -0.2) is 28.7 Å². The van der Waals surface area contributed by atoms with Gasteiger partial charge in [0.15, 0.2) is 11.6 Å². The Morgan fingerprint density at radius 2 is 1.56 bits per heavy atom. The summed E-state index contributed by atoms with van der Waals surface area (Å²) in [5, 5.41) is 9.40. The molecular formula is C47H37NO4S2. The van der Waals surface area contributed by atoms with E-state index in [0.29, 0.717) is 12.0 Å². The monoisotopic (exact) mass is 743 g/mol. The lowest BCUT2D eigenvalue weighted by atomic mass is 9.82. The third-order valence-electron chi connectivity index (χ3n) is 12.2. The van der Waals surface area contributed by atoms with Gasteiger partial charge in [0.1, 0.15) is 0 Å². The lowest BCUT2D eigenvalue weighted by molar-refractivity contribution is 0.0696. The molecule has 4 aromatic carbocycles. The molecule has 1 fully saturated rings. The largest absolute Gasteiger partial charge is 0.478 e. The third kappa shape index (κ3) is 4.77. The van der Waals surface area contributed by atoms with Crippen LogP contribution in [0.1, 0.15) is 103 Å². The van der Waals surface area contributed by atoms with Crippen LogP contribution in [0.15, 0.2) is 96.6 Å². The minimum absolute atomic E-state index is 0.00628. The standard InChI is InChI=1S/C47H37NO4S2/c1-24-18-42(53-40(24)23-35-43(49)31-15-12-27(46(51)52)21-34(31)44(35)50)45-25(2)19-41(54-45)26-13-17-39-33(20-26)30-9-7-11-38(30)48(39)28-14-16-37-32(22-28)29-8-5-6-10-36(29)47(37,3)4/h5-6,8,10,12-23,30,38H,7,9,11H2,1-4H3,(H,51,52)/b35-23+. The number of carbonyl (C=O) groups is 3. The lowest BCUT2D eigenvalue weighted by Gasteiger charge is -2.28. The van der Waals surface area contributed by atoms with E-state index in [9.17, 15) is 19.5 Å². The Morgan fingerprint density at radius 3 is 2.39 bits per heavy atom. The van der Waals surface area contributed by atoms with Crippen molar-refractivity contribution in [3.63, 3.8) is 0 Å². The zero-order valence-corrected chi connectivity index (χ0v) is 32.1. The third-order valence-corrected chi connectivity index (χ3v) is 14.9. The predicted molar refractivity (Wildman–Crippen MR) is 219 cm³/mol. The molecule has 5 nitrogen and oxygen atoms in total. The number of hydrogen-bond acceptors (Lipinski definition) is 6. The SMILES string of the molecule is Cc1cc(-c2sc(-c3ccc4c(c3)C3CCCC3N4c3ccc4c(c3)-c3ccccc3C4(C)C)cc2C)sc1/C=C1\C(=O)c2ccc(C(=O)O)cc2C1=O. The Balaban J connectivity index is 0.968. The molecule has 10 rings (SSSR count). The first-order valence-electron chi connectivity index (χ1n) is 18.6. The van der Waals surface area contributed by atoms with E-state index in [1.165, 1.54) is 97.5 Å². The number of Topliss-reactive ketones (excluding diaryl/α,β-unsaturated/α-hetero) is 2. The summed E-state index contributed by atoms with van der Waals surface area (Å²) in [5.74, 6) is -1.40. The molecule has 266 valence electrons. The summed E-state index contributed by atoms with van der Waals surface area (Å²) in [5.41, 5.74) is 13.5. The molecule has 6 aromatic rings. The number of benzene rings is 4. The number of fused-ring (bicyclic) bond motifs is 7. The van der Waals surface area contributed by atoms with Crippen molar-refractivity contribution in [2.24, 2.45) is 0 Å². The summed E-state index contributed by atoms with van der Waals surface area (Å²) in [6.07, 6.45) is 5.32. The van der Waals surface area contributed by atoms with Crippen molar-refractivity contribution >= 4 is 57.7 Å². The highest BCUT2D eigenvalue weighted by atomic mass is 32.1. The van der Waals surface area contributed by atoms with Gasteiger partial charge in [-0.15, -0.1) is 22.7 Å². The Morgan fingerprint density at radius 1 is 0.778 bits per heavy atom. The van der Waals surface area contributed by atoms with Crippen molar-refractivity contribution in [1.82, 2.24) is 0 Å². The number of hydrogen-bond donors (Lipinski definition) is 1. The van der Waals surface area contributed by atoms with Gasteiger partial charge in [-0.25, -0.2) is 4.79 Å². The number of allylic oxidation sites excluding steroid dienone is 1. The highest BCUT2D eigenvalue weighted by Crippen LogP contribution is 2.56. The molecule has 54 heavy (non-hydrogen) atoms. The molecule has 4 aliphatic rings. The van der Waals surface area contributed by atoms with E-state index >= 15 is 0 Å². The molecule has 2 atom stereocenters. The zero-order valence-electron chi connectivity index (χ0n) is 30.4. The van der Waals surface area contributed by atoms with Crippen molar-refractivity contribution in [1.29, 1.82) is 0 Å². The Hall–Kier alpha value is -5.37. The number of aromatic carboxylic acids is 1. The molecule has 0 spiro atoms. The minimum Gasteiger partial charge on any atom is -0.478 e. The van der Waals surface area contributed by atoms with Crippen LogP contribution in [0, 0.1) is 13.8 Å². The van der Waals surface area contributed by atoms with E-state index in [-0.39, 0.29) is 33.5 Å². The van der Waals surface area contributed by atoms with Crippen LogP contribution in [0.4, 0.5) is 11.4 Å². The fourth-order valence-electron chi connectivity index (χ4n) is 9.54. The van der Waals surface area contributed by atoms with Crippen molar-refractivity contribution < 1.29 is 19.5 Å². The molecule has 0 bridgehead atoms. The first kappa shape index (κ1) is 33.2. The van der Waals surface area contributed by atoms with Crippen LogP contribution in [0.3, 0.4) is 0 Å². The number of carboxylic acid groups (broad SMARTS) is 1. The smallest absolute Gasteiger partial charge is 0.335 e. The molecule has 0 amide bonds. The van der Waals surface area contributed by atoms with Crippen LogP contribution in [0.2, 0.25) is 0 Å². The maximum absolute atomic E-state index is 13.3. The average molecular weight is 744 g/mol. The number of nitrogens with zero attached hydrogens (tertiary/aromatic N) is 1. The molecule has 0 radical (unpaired) electrons. The zero-order chi connectivity index (χ0) is 37.2. The van der Waals surface area contributed by atoms with Gasteiger partial charge in [-0.1, -0.05) is 56.7 Å². The maximum atomic E-state index is 13.3. The normalized spacial score (nSPS) is 19.6. The number of carbonyl (C=O) groups excluding carboxylic acids is 2. The molecular weight excluding hydrogens is 707 g/mol. The molecule has 7 heteroatoms. The van der Waals surface area contributed by atoms with Crippen molar-refractivity contribution in [3.8, 4) is 31.3 Å². The lowest BCUT2D eigenvalue weighted by Crippen LogP contribution is -2.26. The summed E-state index contributed by atoms with van der Waals surface area (Å²) in [6, 6.07) is 32.1. The summed E-state index contributed by atoms with van der Waals surface area (Å²) in [6.45, 7) is 8.83. The van der Waals surface area contributed by atoms with Gasteiger partial charge < -0.3 is 10.0 Å². The van der Waals surface area contributed by atoms with E-state index < -0.39 is 11.8 Å². The van der Waals surface area contributed by atoms with Gasteiger partial charge >= 0.3 is 5.97 Å². The van der Waals surface area contributed by atoms with Gasteiger partial charge in [0, 0.05) is 59.4 Å². The first-order chi connectivity index (χ1) is 26.0. The van der Waals surface area contributed by atoms with E-state index in [1.54, 1.807) is 28.7 Å². The van der Waals surface area contributed by atoms with Gasteiger partial charge in [-0.05, 0) is 132 Å². The fourth-order valence-corrected chi connectivity index (χ4v) is 12.0. The Labute approximate surface area is 322 Å². The fraction of sp³-hybridized carbons (Fsp3) is 0.213. The maximum Gasteiger partial charge on any atom is 0.335 e. The van der Waals surface area contributed by atoms with Crippen LogP contribution < -0.4 is 4.90 Å². The summed E-state index contributed by atoms with van der Waals surface area (Å²) in [7, 11) is 0. The molecule has 3 heterocycles. The molecule has 1 aliphatic heterocycles. The molecule has 2 unspecified atom stereocenters. The predicted octanol–water partition coefficient (Wildman–Crippen LogP) is 12.0. The van der Waals surface area contributed by atoms with Gasteiger partial charge in [-0.3, -0.25) is 9.59 Å². The number of rotatable bonds is 5. The first-order valence-corrected chi connectivity index (χ1v) is 20.2. The molecule has 0 saturated heterocycles. The van der Waals surface area contributed by atoms with E-state index in [0.717, 1.165) is 15.3 Å². The topological polar surface area (TPSA) is 74.7 Å². The van der Waals surface area contributed by atoms with E-state index in [1.807, 2.05) is 6.92 Å². The Kier molecular flexibility index (Phi) is 7.27. The number of thiophene rings is 2. The Bertz CT molecular complexity index is 2690. The second kappa shape index (κ2) is 11.8. The molecule has 3 aliphatic carbocycles. The van der Waals surface area contributed by atoms with Gasteiger partial charge in [0.05, 0.1) is 11.1 Å². The van der Waals surface area contributed by atoms with Crippen LogP contribution in [0.25, 0.3) is 37.4 Å². The molecule has 1 N–H and O–H groups in total. The molecule has 2 aromatic heterocycles. The van der Waals surface area contributed by atoms with Gasteiger partial charge in [-0.2, -0.15) is 0 Å². The quantitative estimate of drug-likeness (QED) is 0.141. The number of ketones is 2. The van der Waals surface area contributed by atoms with Crippen LogP contribution >= 0.6 is 22.7 Å². The second-order valence-corrected chi connectivity index (χ2v) is 17.8. The second-order valence-electron chi connectivity index (χ2n) is 15.7. The minimum atomic E-state index is -1.13. The van der Waals surface area contributed by atoms with Gasteiger partial charge in [0.25, 0.3) is 0 Å². The number of anilines is 2. The van der Waals surface area contributed by atoms with Gasteiger partial charge in [0.2, 0.25) is 0 Å². The van der Waals surface area contributed by atoms with Crippen molar-refractivity contribution in [3.05, 3.63) is 146 Å². The van der Waals surface area contributed by atoms with Crippen LogP contribution in [-0.2, 0) is 5.41 Å². The summed E-state index contributed by atoms with van der Waals surface area (Å²) < 4.78 is 0. The number of carboxylic acids is 1. The van der Waals surface area contributed by atoms with Crippen molar-refractivity contribution in [2.75, 3.05) is 4.90 Å². The highest BCUT2D eigenvalue weighted by Gasteiger charge is 2.43. The number of aryl methyl sites for hydroxylation is 2. The van der Waals surface area contributed by atoms with Crippen LogP contribution in [0.5, 0.6) is 0 Å². The molecule has 1 saturated carbocycles. The van der Waals surface area contributed by atoms with E-state index in [4.69, 9.17) is 0 Å². The van der Waals surface area contributed by atoms with E-state index in [2.05, 4.69) is 98.5 Å². The highest BCUT2D eigenvalue weighted by molar-refractivity contribution is 7.24. The summed E-state index contributed by atoms with van der Waals surface area (Å²) >= 11 is 3.36. The summed E-state index contributed by atoms with van der Waals surface area (Å²) in [4.78, 5) is 45.0. The van der Waals surface area contributed by atoms with Crippen molar-refractivity contribution in [2.45, 2.75) is 64.3 Å².